The Morgan fingerprint density at radius 1 is 1.45 bits per heavy atom. The van der Waals surface area contributed by atoms with Crippen molar-refractivity contribution in [3.8, 4) is 0 Å². The average molecular weight is 276 g/mol. The molecule has 0 amide bonds. The van der Waals surface area contributed by atoms with Gasteiger partial charge in [-0.3, -0.25) is 9.58 Å². The first-order valence-electron chi connectivity index (χ1n) is 7.95. The molecule has 1 N–H and O–H groups in total. The minimum Gasteiger partial charge on any atom is -0.311 e. The van der Waals surface area contributed by atoms with Crippen LogP contribution < -0.4 is 5.32 Å². The maximum Gasteiger partial charge on any atom is 0.0534 e. The van der Waals surface area contributed by atoms with E-state index in [2.05, 4.69) is 42.3 Å². The molecule has 0 bridgehead atoms. The maximum absolute atomic E-state index is 4.32. The SMILES string of the molecule is CC(C)C1CN(Cc2cnn(C)c2)C(C)(C2CC2)CN1. The lowest BCUT2D eigenvalue weighted by molar-refractivity contribution is 0.0186. The Hall–Kier alpha value is -0.870. The summed E-state index contributed by atoms with van der Waals surface area (Å²) >= 11 is 0. The molecule has 2 heterocycles. The van der Waals surface area contributed by atoms with Gasteiger partial charge in [-0.25, -0.2) is 0 Å². The molecule has 1 saturated carbocycles. The highest BCUT2D eigenvalue weighted by molar-refractivity contribution is 5.10. The molecule has 4 nitrogen and oxygen atoms in total. The first kappa shape index (κ1) is 14.1. The van der Waals surface area contributed by atoms with E-state index >= 15 is 0 Å². The first-order chi connectivity index (χ1) is 9.49. The molecule has 2 unspecified atom stereocenters. The van der Waals surface area contributed by atoms with E-state index < -0.39 is 0 Å². The van der Waals surface area contributed by atoms with Gasteiger partial charge in [-0.2, -0.15) is 5.10 Å². The van der Waals surface area contributed by atoms with E-state index in [4.69, 9.17) is 0 Å². The van der Waals surface area contributed by atoms with Gasteiger partial charge in [-0.05, 0) is 31.6 Å². The van der Waals surface area contributed by atoms with Crippen LogP contribution in [0.1, 0.15) is 39.2 Å². The highest BCUT2D eigenvalue weighted by Gasteiger charge is 2.48. The summed E-state index contributed by atoms with van der Waals surface area (Å²) < 4.78 is 1.91. The molecule has 0 radical (unpaired) electrons. The summed E-state index contributed by atoms with van der Waals surface area (Å²) in [4.78, 5) is 2.71. The summed E-state index contributed by atoms with van der Waals surface area (Å²) in [5.41, 5.74) is 1.66. The fraction of sp³-hybridized carbons (Fsp3) is 0.812. The monoisotopic (exact) mass is 276 g/mol. The molecule has 1 aliphatic carbocycles. The normalized spacial score (nSPS) is 31.9. The summed E-state index contributed by atoms with van der Waals surface area (Å²) in [6, 6.07) is 0.610. The lowest BCUT2D eigenvalue weighted by Crippen LogP contribution is -2.65. The van der Waals surface area contributed by atoms with E-state index in [1.54, 1.807) is 0 Å². The molecule has 0 spiro atoms. The fourth-order valence-electron chi connectivity index (χ4n) is 3.53. The third-order valence-corrected chi connectivity index (χ3v) is 5.26. The van der Waals surface area contributed by atoms with Crippen molar-refractivity contribution in [2.45, 2.75) is 51.7 Å². The maximum atomic E-state index is 4.32. The minimum absolute atomic E-state index is 0.321. The van der Waals surface area contributed by atoms with Crippen molar-refractivity contribution in [1.82, 2.24) is 20.0 Å². The van der Waals surface area contributed by atoms with Crippen molar-refractivity contribution in [3.05, 3.63) is 18.0 Å². The van der Waals surface area contributed by atoms with Crippen molar-refractivity contribution < 1.29 is 0 Å². The summed E-state index contributed by atoms with van der Waals surface area (Å²) in [5.74, 6) is 1.56. The Kier molecular flexibility index (Phi) is 3.63. The number of nitrogens with one attached hydrogen (secondary N) is 1. The van der Waals surface area contributed by atoms with E-state index in [0.717, 1.165) is 25.6 Å². The van der Waals surface area contributed by atoms with Gasteiger partial charge in [0.05, 0.1) is 6.20 Å². The van der Waals surface area contributed by atoms with Crippen LogP contribution in [0.4, 0.5) is 0 Å². The zero-order chi connectivity index (χ0) is 14.3. The Bertz CT molecular complexity index is 463. The van der Waals surface area contributed by atoms with Gasteiger partial charge in [0.15, 0.2) is 0 Å². The lowest BCUT2D eigenvalue weighted by atomic mass is 9.87. The van der Waals surface area contributed by atoms with Gasteiger partial charge >= 0.3 is 0 Å². The standard InChI is InChI=1S/C16H28N4/c1-12(2)15-10-20(9-13-7-18-19(4)8-13)16(3,11-17-15)14-5-6-14/h7-8,12,14-15,17H,5-6,9-11H2,1-4H3. The van der Waals surface area contributed by atoms with Gasteiger partial charge < -0.3 is 5.32 Å². The predicted molar refractivity (Wildman–Crippen MR) is 81.4 cm³/mol. The second kappa shape index (κ2) is 5.15. The van der Waals surface area contributed by atoms with Crippen LogP contribution in [0.15, 0.2) is 12.4 Å². The third-order valence-electron chi connectivity index (χ3n) is 5.26. The molecule has 2 fully saturated rings. The van der Waals surface area contributed by atoms with Gasteiger partial charge in [0.25, 0.3) is 0 Å². The number of piperazine rings is 1. The van der Waals surface area contributed by atoms with Crippen LogP contribution in [0.5, 0.6) is 0 Å². The van der Waals surface area contributed by atoms with E-state index in [1.165, 1.54) is 18.4 Å². The van der Waals surface area contributed by atoms with E-state index in [-0.39, 0.29) is 0 Å². The number of aromatic nitrogens is 2. The Morgan fingerprint density at radius 3 is 2.75 bits per heavy atom. The predicted octanol–water partition coefficient (Wildman–Crippen LogP) is 2.02. The zero-order valence-corrected chi connectivity index (χ0v) is 13.3. The van der Waals surface area contributed by atoms with Gasteiger partial charge in [-0.15, -0.1) is 0 Å². The van der Waals surface area contributed by atoms with Crippen LogP contribution in [0.25, 0.3) is 0 Å². The van der Waals surface area contributed by atoms with E-state index in [0.29, 0.717) is 17.5 Å². The Balaban J connectivity index is 1.77. The second-order valence-electron chi connectivity index (χ2n) is 7.27. The van der Waals surface area contributed by atoms with E-state index in [9.17, 15) is 0 Å². The second-order valence-corrected chi connectivity index (χ2v) is 7.27. The van der Waals surface area contributed by atoms with Crippen LogP contribution in [0, 0.1) is 11.8 Å². The van der Waals surface area contributed by atoms with Crippen molar-refractivity contribution >= 4 is 0 Å². The van der Waals surface area contributed by atoms with Gasteiger partial charge in [-0.1, -0.05) is 13.8 Å². The Labute approximate surface area is 122 Å². The molecule has 1 aromatic heterocycles. The number of nitrogens with zero attached hydrogens (tertiary/aromatic N) is 3. The molecule has 1 saturated heterocycles. The smallest absolute Gasteiger partial charge is 0.0534 e. The lowest BCUT2D eigenvalue weighted by Gasteiger charge is -2.49. The summed E-state index contributed by atoms with van der Waals surface area (Å²) in [6.07, 6.45) is 6.96. The third kappa shape index (κ3) is 2.63. The summed E-state index contributed by atoms with van der Waals surface area (Å²) in [7, 11) is 2.00. The van der Waals surface area contributed by atoms with Crippen LogP contribution in [-0.2, 0) is 13.6 Å². The van der Waals surface area contributed by atoms with Gasteiger partial charge in [0.2, 0.25) is 0 Å². The topological polar surface area (TPSA) is 33.1 Å². The first-order valence-corrected chi connectivity index (χ1v) is 7.95. The highest BCUT2D eigenvalue weighted by atomic mass is 15.3. The van der Waals surface area contributed by atoms with Crippen molar-refractivity contribution in [2.24, 2.45) is 18.9 Å². The molecule has 112 valence electrons. The van der Waals surface area contributed by atoms with Crippen LogP contribution in [0.2, 0.25) is 0 Å². The number of hydrogen-bond acceptors (Lipinski definition) is 3. The molecule has 2 atom stereocenters. The minimum atomic E-state index is 0.321. The molecule has 4 heteroatoms. The van der Waals surface area contributed by atoms with Crippen molar-refractivity contribution in [2.75, 3.05) is 13.1 Å². The highest BCUT2D eigenvalue weighted by Crippen LogP contribution is 2.44. The number of aryl methyl sites for hydroxylation is 1. The van der Waals surface area contributed by atoms with Gasteiger partial charge in [0.1, 0.15) is 0 Å². The number of rotatable bonds is 4. The Morgan fingerprint density at radius 2 is 2.20 bits per heavy atom. The molecule has 0 aromatic carbocycles. The van der Waals surface area contributed by atoms with Crippen LogP contribution >= 0.6 is 0 Å². The van der Waals surface area contributed by atoms with Crippen LogP contribution in [-0.4, -0.2) is 39.4 Å². The van der Waals surface area contributed by atoms with Crippen molar-refractivity contribution in [1.29, 1.82) is 0 Å². The molecular weight excluding hydrogens is 248 g/mol. The van der Waals surface area contributed by atoms with Gasteiger partial charge in [0, 0.05) is 50.0 Å². The zero-order valence-electron chi connectivity index (χ0n) is 13.3. The molecule has 20 heavy (non-hydrogen) atoms. The summed E-state index contributed by atoms with van der Waals surface area (Å²) in [6.45, 7) is 10.4. The molecule has 1 aliphatic heterocycles. The van der Waals surface area contributed by atoms with Crippen molar-refractivity contribution in [3.63, 3.8) is 0 Å². The van der Waals surface area contributed by atoms with E-state index in [1.807, 2.05) is 17.9 Å². The average Bonchev–Trinajstić information content (AvgIpc) is 3.17. The number of hydrogen-bond donors (Lipinski definition) is 1. The summed E-state index contributed by atoms with van der Waals surface area (Å²) in [5, 5.41) is 8.11. The van der Waals surface area contributed by atoms with Crippen LogP contribution in [0.3, 0.4) is 0 Å². The quantitative estimate of drug-likeness (QED) is 0.913. The molecule has 3 rings (SSSR count). The largest absolute Gasteiger partial charge is 0.311 e. The molecule has 1 aromatic rings. The molecular formula is C16H28N4. The molecule has 2 aliphatic rings. The fourth-order valence-corrected chi connectivity index (χ4v) is 3.53.